The zero-order valence-corrected chi connectivity index (χ0v) is 15.5. The minimum atomic E-state index is -0.167. The largest absolute Gasteiger partial charge is 0.493 e. The van der Waals surface area contributed by atoms with Gasteiger partial charge in [0.1, 0.15) is 6.61 Å². The van der Waals surface area contributed by atoms with E-state index in [0.717, 1.165) is 11.1 Å². The molecule has 0 heterocycles. The molecule has 28 heavy (non-hydrogen) atoms. The molecule has 0 aliphatic carbocycles. The van der Waals surface area contributed by atoms with Gasteiger partial charge in [0, 0.05) is 5.56 Å². The second kappa shape index (κ2) is 9.20. The number of nitriles is 1. The zero-order chi connectivity index (χ0) is 19.8. The fourth-order valence-electron chi connectivity index (χ4n) is 2.66. The van der Waals surface area contributed by atoms with Crippen molar-refractivity contribution in [3.63, 3.8) is 0 Å². The highest BCUT2D eigenvalue weighted by Crippen LogP contribution is 2.29. The first-order chi connectivity index (χ1) is 13.7. The van der Waals surface area contributed by atoms with Crippen LogP contribution in [0.1, 0.15) is 27.0 Å². The lowest BCUT2D eigenvalue weighted by atomic mass is 10.1. The number of benzene rings is 3. The average Bonchev–Trinajstić information content (AvgIpc) is 2.76. The van der Waals surface area contributed by atoms with Crippen LogP contribution in [0.2, 0.25) is 0 Å². The van der Waals surface area contributed by atoms with Crippen molar-refractivity contribution in [1.29, 1.82) is 5.26 Å². The van der Waals surface area contributed by atoms with E-state index in [0.29, 0.717) is 29.2 Å². The predicted molar refractivity (Wildman–Crippen MR) is 108 cm³/mol. The van der Waals surface area contributed by atoms with Crippen molar-refractivity contribution in [2.24, 2.45) is 0 Å². The van der Waals surface area contributed by atoms with Crippen molar-refractivity contribution in [2.75, 3.05) is 7.11 Å². The van der Waals surface area contributed by atoms with Crippen molar-refractivity contribution in [3.8, 4) is 17.6 Å². The number of ketones is 1. The van der Waals surface area contributed by atoms with Crippen LogP contribution in [0.5, 0.6) is 11.5 Å². The SMILES string of the molecule is COc1ccc(/C=C/C(=O)c2cccc(C#N)c2)cc1OCc1ccccc1. The third-order valence-corrected chi connectivity index (χ3v) is 4.13. The van der Waals surface area contributed by atoms with Crippen molar-refractivity contribution < 1.29 is 14.3 Å². The Morgan fingerprint density at radius 2 is 1.82 bits per heavy atom. The molecular weight excluding hydrogens is 350 g/mol. The molecular formula is C24H19NO3. The average molecular weight is 369 g/mol. The molecule has 0 aliphatic rings. The molecule has 3 aromatic rings. The van der Waals surface area contributed by atoms with Crippen LogP contribution in [0.25, 0.3) is 6.08 Å². The third-order valence-electron chi connectivity index (χ3n) is 4.13. The lowest BCUT2D eigenvalue weighted by Gasteiger charge is -2.11. The number of allylic oxidation sites excluding steroid dienone is 1. The van der Waals surface area contributed by atoms with Crippen molar-refractivity contribution in [1.82, 2.24) is 0 Å². The molecule has 0 aliphatic heterocycles. The summed E-state index contributed by atoms with van der Waals surface area (Å²) in [6, 6.07) is 24.0. The summed E-state index contributed by atoms with van der Waals surface area (Å²) in [6.07, 6.45) is 3.20. The smallest absolute Gasteiger partial charge is 0.185 e. The van der Waals surface area contributed by atoms with E-state index >= 15 is 0 Å². The van der Waals surface area contributed by atoms with Gasteiger partial charge in [-0.1, -0.05) is 54.6 Å². The standard InChI is InChI=1S/C24H19NO3/c1-27-23-13-11-18(15-24(23)28-17-19-6-3-2-4-7-19)10-12-22(26)21-9-5-8-20(14-21)16-25/h2-15H,17H2,1H3/b12-10+. The first-order valence-electron chi connectivity index (χ1n) is 8.77. The Kier molecular flexibility index (Phi) is 6.22. The molecule has 0 unspecified atom stereocenters. The molecule has 3 aromatic carbocycles. The third kappa shape index (κ3) is 4.87. The normalized spacial score (nSPS) is 10.4. The molecule has 0 bridgehead atoms. The number of carbonyl (C=O) groups is 1. The van der Waals surface area contributed by atoms with Gasteiger partial charge in [-0.3, -0.25) is 4.79 Å². The van der Waals surface area contributed by atoms with Crippen LogP contribution in [-0.2, 0) is 6.61 Å². The van der Waals surface area contributed by atoms with Gasteiger partial charge in [-0.05, 0) is 41.5 Å². The minimum Gasteiger partial charge on any atom is -0.493 e. The molecule has 4 heteroatoms. The van der Waals surface area contributed by atoms with Gasteiger partial charge in [0.25, 0.3) is 0 Å². The van der Waals surface area contributed by atoms with E-state index in [9.17, 15) is 4.79 Å². The van der Waals surface area contributed by atoms with E-state index in [1.165, 1.54) is 6.08 Å². The summed E-state index contributed by atoms with van der Waals surface area (Å²) in [4.78, 5) is 12.4. The number of ether oxygens (including phenoxy) is 2. The Morgan fingerprint density at radius 3 is 2.57 bits per heavy atom. The summed E-state index contributed by atoms with van der Waals surface area (Å²) in [7, 11) is 1.59. The van der Waals surface area contributed by atoms with Gasteiger partial charge in [-0.2, -0.15) is 5.26 Å². The second-order valence-electron chi connectivity index (χ2n) is 6.07. The van der Waals surface area contributed by atoms with E-state index in [2.05, 4.69) is 0 Å². The van der Waals surface area contributed by atoms with Crippen LogP contribution in [0.15, 0.2) is 78.9 Å². The number of nitrogens with zero attached hydrogens (tertiary/aromatic N) is 1. The molecule has 3 rings (SSSR count). The van der Waals surface area contributed by atoms with Gasteiger partial charge < -0.3 is 9.47 Å². The molecule has 4 nitrogen and oxygen atoms in total. The molecule has 0 fully saturated rings. The van der Waals surface area contributed by atoms with Crippen molar-refractivity contribution in [3.05, 3.63) is 101 Å². The maximum atomic E-state index is 12.4. The lowest BCUT2D eigenvalue weighted by molar-refractivity contribution is 0.104. The Bertz CT molecular complexity index is 1030. The molecule has 0 N–H and O–H groups in total. The lowest BCUT2D eigenvalue weighted by Crippen LogP contribution is -1.98. The maximum Gasteiger partial charge on any atom is 0.185 e. The first kappa shape index (κ1) is 18.9. The van der Waals surface area contributed by atoms with Gasteiger partial charge in [-0.25, -0.2) is 0 Å². The van der Waals surface area contributed by atoms with Gasteiger partial charge in [0.05, 0.1) is 18.7 Å². The molecule has 0 aromatic heterocycles. The molecule has 0 atom stereocenters. The number of methoxy groups -OCH3 is 1. The number of hydrogen-bond donors (Lipinski definition) is 0. The Morgan fingerprint density at radius 1 is 1.00 bits per heavy atom. The molecule has 0 spiro atoms. The van der Waals surface area contributed by atoms with Gasteiger partial charge >= 0.3 is 0 Å². The fraction of sp³-hybridized carbons (Fsp3) is 0.0833. The van der Waals surface area contributed by atoms with Crippen LogP contribution >= 0.6 is 0 Å². The van der Waals surface area contributed by atoms with Crippen LogP contribution in [0.4, 0.5) is 0 Å². The monoisotopic (exact) mass is 369 g/mol. The highest BCUT2D eigenvalue weighted by Gasteiger charge is 2.07. The fourth-order valence-corrected chi connectivity index (χ4v) is 2.66. The van der Waals surface area contributed by atoms with E-state index in [1.807, 2.05) is 48.5 Å². The molecule has 0 saturated heterocycles. The van der Waals surface area contributed by atoms with Gasteiger partial charge in [0.2, 0.25) is 0 Å². The summed E-state index contributed by atoms with van der Waals surface area (Å²) in [5, 5.41) is 8.96. The quantitative estimate of drug-likeness (QED) is 0.432. The summed E-state index contributed by atoms with van der Waals surface area (Å²) < 4.78 is 11.3. The highest BCUT2D eigenvalue weighted by molar-refractivity contribution is 6.07. The Hall–Kier alpha value is -3.84. The predicted octanol–water partition coefficient (Wildman–Crippen LogP) is 5.04. The molecule has 0 amide bonds. The van der Waals surface area contributed by atoms with E-state index in [4.69, 9.17) is 14.7 Å². The van der Waals surface area contributed by atoms with E-state index < -0.39 is 0 Å². The van der Waals surface area contributed by atoms with Crippen LogP contribution in [0.3, 0.4) is 0 Å². The summed E-state index contributed by atoms with van der Waals surface area (Å²) in [6.45, 7) is 0.421. The number of carbonyl (C=O) groups excluding carboxylic acids is 1. The topological polar surface area (TPSA) is 59.3 Å². The second-order valence-corrected chi connectivity index (χ2v) is 6.07. The molecule has 138 valence electrons. The Labute approximate surface area is 164 Å². The number of hydrogen-bond acceptors (Lipinski definition) is 4. The summed E-state index contributed by atoms with van der Waals surface area (Å²) in [5.41, 5.74) is 2.80. The Balaban J connectivity index is 1.75. The van der Waals surface area contributed by atoms with E-state index in [1.54, 1.807) is 43.5 Å². The summed E-state index contributed by atoms with van der Waals surface area (Å²) >= 11 is 0. The highest BCUT2D eigenvalue weighted by atomic mass is 16.5. The molecule has 0 saturated carbocycles. The van der Waals surface area contributed by atoms with Crippen molar-refractivity contribution in [2.45, 2.75) is 6.61 Å². The summed E-state index contributed by atoms with van der Waals surface area (Å²) in [5.74, 6) is 1.06. The van der Waals surface area contributed by atoms with Crippen LogP contribution < -0.4 is 9.47 Å². The molecule has 0 radical (unpaired) electrons. The van der Waals surface area contributed by atoms with E-state index in [-0.39, 0.29) is 5.78 Å². The minimum absolute atomic E-state index is 0.167. The zero-order valence-electron chi connectivity index (χ0n) is 15.5. The van der Waals surface area contributed by atoms with Crippen LogP contribution in [0, 0.1) is 11.3 Å². The van der Waals surface area contributed by atoms with Crippen molar-refractivity contribution >= 4 is 11.9 Å². The first-order valence-corrected chi connectivity index (χ1v) is 8.77. The van der Waals surface area contributed by atoms with Gasteiger partial charge in [-0.15, -0.1) is 0 Å². The van der Waals surface area contributed by atoms with Gasteiger partial charge in [0.15, 0.2) is 17.3 Å². The number of rotatable bonds is 7. The van der Waals surface area contributed by atoms with Crippen LogP contribution in [-0.4, -0.2) is 12.9 Å². The maximum absolute atomic E-state index is 12.4.